The monoisotopic (exact) mass is 332 g/mol. The highest BCUT2D eigenvalue weighted by Crippen LogP contribution is 2.24. The van der Waals surface area contributed by atoms with Gasteiger partial charge in [-0.2, -0.15) is 5.26 Å². The zero-order valence-electron chi connectivity index (χ0n) is 13.1. The van der Waals surface area contributed by atoms with E-state index < -0.39 is 17.4 Å². The molecule has 23 heavy (non-hydrogen) atoms. The van der Waals surface area contributed by atoms with Crippen molar-refractivity contribution >= 4 is 17.4 Å². The molecule has 7 heteroatoms. The van der Waals surface area contributed by atoms with Crippen molar-refractivity contribution in [3.8, 4) is 6.07 Å². The predicted molar refractivity (Wildman–Crippen MR) is 86.4 cm³/mol. The number of carbonyl (C=O) groups is 1. The molecule has 0 aliphatic rings. The van der Waals surface area contributed by atoms with Crippen LogP contribution < -0.4 is 10.6 Å². The summed E-state index contributed by atoms with van der Waals surface area (Å²) in [5.74, 6) is -0.515. The minimum Gasteiger partial charge on any atom is -0.334 e. The van der Waals surface area contributed by atoms with Crippen LogP contribution in [-0.2, 0) is 12.1 Å². The summed E-state index contributed by atoms with van der Waals surface area (Å²) in [4.78, 5) is 17.4. The van der Waals surface area contributed by atoms with Gasteiger partial charge < -0.3 is 10.6 Å². The normalized spacial score (nSPS) is 10.9. The van der Waals surface area contributed by atoms with Crippen LogP contribution in [-0.4, -0.2) is 11.0 Å². The topological polar surface area (TPSA) is 77.8 Å². The van der Waals surface area contributed by atoms with Crippen LogP contribution in [0.5, 0.6) is 0 Å². The van der Waals surface area contributed by atoms with Crippen LogP contribution in [0.3, 0.4) is 0 Å². The summed E-state index contributed by atoms with van der Waals surface area (Å²) < 4.78 is 13.8. The summed E-state index contributed by atoms with van der Waals surface area (Å²) in [6.07, 6.45) is 1.76. The summed E-state index contributed by atoms with van der Waals surface area (Å²) in [6.45, 7) is 5.70. The number of rotatable bonds is 4. The maximum atomic E-state index is 13.8. The minimum absolute atomic E-state index is 0.0380. The van der Waals surface area contributed by atoms with Gasteiger partial charge in [-0.15, -0.1) is 11.3 Å². The van der Waals surface area contributed by atoms with Gasteiger partial charge in [0, 0.05) is 23.2 Å². The lowest BCUT2D eigenvalue weighted by molar-refractivity contribution is 0.229. The van der Waals surface area contributed by atoms with Crippen LogP contribution in [0, 0.1) is 24.1 Å². The Morgan fingerprint density at radius 1 is 1.48 bits per heavy atom. The van der Waals surface area contributed by atoms with E-state index in [9.17, 15) is 9.18 Å². The van der Waals surface area contributed by atoms with Crippen molar-refractivity contribution in [3.05, 3.63) is 51.2 Å². The van der Waals surface area contributed by atoms with E-state index in [2.05, 4.69) is 15.6 Å². The highest BCUT2D eigenvalue weighted by Gasteiger charge is 2.26. The van der Waals surface area contributed by atoms with E-state index >= 15 is 0 Å². The lowest BCUT2D eigenvalue weighted by atomic mass is 10.1. The highest BCUT2D eigenvalue weighted by molar-refractivity contribution is 7.11. The van der Waals surface area contributed by atoms with E-state index in [4.69, 9.17) is 5.26 Å². The smallest absolute Gasteiger partial charge is 0.315 e. The summed E-state index contributed by atoms with van der Waals surface area (Å²) in [5.41, 5.74) is -0.0512. The molecule has 1 aromatic heterocycles. The molecule has 2 rings (SSSR count). The first-order valence-electron chi connectivity index (χ1n) is 6.99. The number of thiazole rings is 1. The van der Waals surface area contributed by atoms with Crippen molar-refractivity contribution in [3.63, 3.8) is 0 Å². The second kappa shape index (κ2) is 6.75. The number of halogens is 1. The van der Waals surface area contributed by atoms with Gasteiger partial charge in [0.1, 0.15) is 10.8 Å². The van der Waals surface area contributed by atoms with Gasteiger partial charge in [0.15, 0.2) is 0 Å². The lowest BCUT2D eigenvalue weighted by Gasteiger charge is -2.24. The molecule has 0 spiro atoms. The molecule has 0 radical (unpaired) electrons. The van der Waals surface area contributed by atoms with Crippen molar-refractivity contribution < 1.29 is 9.18 Å². The number of nitriles is 1. The van der Waals surface area contributed by atoms with E-state index in [1.54, 1.807) is 6.20 Å². The molecule has 0 saturated heterocycles. The van der Waals surface area contributed by atoms with Crippen molar-refractivity contribution in [1.82, 2.24) is 15.6 Å². The van der Waals surface area contributed by atoms with Crippen molar-refractivity contribution in [2.75, 3.05) is 0 Å². The Bertz CT molecular complexity index is 764. The number of carbonyl (C=O) groups excluding carboxylic acids is 1. The molecule has 0 bridgehead atoms. The predicted octanol–water partition coefficient (Wildman–Crippen LogP) is 3.20. The van der Waals surface area contributed by atoms with Crippen LogP contribution in [0.15, 0.2) is 24.4 Å². The molecule has 0 atom stereocenters. The molecule has 5 nitrogen and oxygen atoms in total. The van der Waals surface area contributed by atoms with E-state index in [1.165, 1.54) is 23.5 Å². The molecule has 0 saturated carbocycles. The Balaban J connectivity index is 1.96. The van der Waals surface area contributed by atoms with Crippen LogP contribution in [0.2, 0.25) is 0 Å². The first kappa shape index (κ1) is 16.9. The van der Waals surface area contributed by atoms with Crippen LogP contribution in [0.25, 0.3) is 0 Å². The summed E-state index contributed by atoms with van der Waals surface area (Å²) in [5, 5.41) is 14.9. The molecule has 0 fully saturated rings. The number of nitrogens with zero attached hydrogens (tertiary/aromatic N) is 2. The van der Waals surface area contributed by atoms with E-state index in [0.717, 1.165) is 16.0 Å². The fourth-order valence-corrected chi connectivity index (χ4v) is 2.78. The van der Waals surface area contributed by atoms with Crippen molar-refractivity contribution in [2.45, 2.75) is 32.9 Å². The molecule has 120 valence electrons. The minimum atomic E-state index is -0.619. The molecule has 0 aliphatic carbocycles. The number of aromatic nitrogens is 1. The quantitative estimate of drug-likeness (QED) is 0.902. The first-order chi connectivity index (χ1) is 10.8. The van der Waals surface area contributed by atoms with E-state index in [-0.39, 0.29) is 12.1 Å². The third-order valence-corrected chi connectivity index (χ3v) is 4.44. The third-order valence-electron chi connectivity index (χ3n) is 3.20. The SMILES string of the molecule is Cc1cnc(C(C)(C)NC(=O)NCc2ccc(C#N)cc2F)s1. The van der Waals surface area contributed by atoms with Crippen molar-refractivity contribution in [2.24, 2.45) is 0 Å². The van der Waals surface area contributed by atoms with Gasteiger partial charge in [0.2, 0.25) is 0 Å². The molecule has 1 heterocycles. The van der Waals surface area contributed by atoms with E-state index in [0.29, 0.717) is 5.56 Å². The lowest BCUT2D eigenvalue weighted by Crippen LogP contribution is -2.46. The first-order valence-corrected chi connectivity index (χ1v) is 7.81. The number of nitrogens with one attached hydrogen (secondary N) is 2. The Morgan fingerprint density at radius 2 is 2.22 bits per heavy atom. The Hall–Kier alpha value is -2.46. The van der Waals surface area contributed by atoms with E-state index in [1.807, 2.05) is 26.8 Å². The zero-order valence-corrected chi connectivity index (χ0v) is 13.9. The van der Waals surface area contributed by atoms with Crippen LogP contribution >= 0.6 is 11.3 Å². The maximum absolute atomic E-state index is 13.8. The number of aryl methyl sites for hydroxylation is 1. The Labute approximate surface area is 138 Å². The summed E-state index contributed by atoms with van der Waals surface area (Å²) >= 11 is 1.51. The van der Waals surface area contributed by atoms with Gasteiger partial charge >= 0.3 is 6.03 Å². The molecular weight excluding hydrogens is 315 g/mol. The van der Waals surface area contributed by atoms with Gasteiger partial charge in [0.25, 0.3) is 0 Å². The average Bonchev–Trinajstić information content (AvgIpc) is 2.93. The molecule has 2 amide bonds. The number of benzene rings is 1. The molecule has 2 N–H and O–H groups in total. The zero-order chi connectivity index (χ0) is 17.0. The van der Waals surface area contributed by atoms with Crippen LogP contribution in [0.4, 0.5) is 9.18 Å². The van der Waals surface area contributed by atoms with Gasteiger partial charge in [-0.3, -0.25) is 0 Å². The Kier molecular flexibility index (Phi) is 4.96. The molecule has 2 aromatic rings. The molecular formula is C16H17FN4OS. The summed E-state index contributed by atoms with van der Waals surface area (Å²) in [7, 11) is 0. The fourth-order valence-electron chi connectivity index (χ4n) is 1.96. The second-order valence-electron chi connectivity index (χ2n) is 5.63. The largest absolute Gasteiger partial charge is 0.334 e. The number of hydrogen-bond donors (Lipinski definition) is 2. The standard InChI is InChI=1S/C16H17FN4OS/c1-10-8-19-14(23-10)16(2,3)21-15(22)20-9-12-5-4-11(7-18)6-13(12)17/h4-6,8H,9H2,1-3H3,(H2,20,21,22). The highest BCUT2D eigenvalue weighted by atomic mass is 32.1. The van der Waals surface area contributed by atoms with Gasteiger partial charge in [-0.25, -0.2) is 14.2 Å². The Morgan fingerprint density at radius 3 is 2.78 bits per heavy atom. The number of urea groups is 1. The number of amides is 2. The molecule has 0 aliphatic heterocycles. The van der Waals surface area contributed by atoms with Gasteiger partial charge in [-0.05, 0) is 32.9 Å². The van der Waals surface area contributed by atoms with Gasteiger partial charge in [-0.1, -0.05) is 6.07 Å². The summed E-state index contributed by atoms with van der Waals surface area (Å²) in [6, 6.07) is 5.61. The van der Waals surface area contributed by atoms with Crippen molar-refractivity contribution in [1.29, 1.82) is 5.26 Å². The fraction of sp³-hybridized carbons (Fsp3) is 0.312. The molecule has 1 aromatic carbocycles. The average molecular weight is 332 g/mol. The van der Waals surface area contributed by atoms with Gasteiger partial charge in [0.05, 0.1) is 17.2 Å². The maximum Gasteiger partial charge on any atom is 0.315 e. The van der Waals surface area contributed by atoms with Crippen LogP contribution in [0.1, 0.15) is 34.9 Å². The molecule has 0 unspecified atom stereocenters. The number of hydrogen-bond acceptors (Lipinski definition) is 4. The third kappa shape index (κ3) is 4.27. The second-order valence-corrected chi connectivity index (χ2v) is 6.86.